The zero-order valence-electron chi connectivity index (χ0n) is 13.6. The second-order valence-corrected chi connectivity index (χ2v) is 7.65. The Morgan fingerprint density at radius 2 is 2.27 bits per heavy atom. The van der Waals surface area contributed by atoms with Gasteiger partial charge in [-0.05, 0) is 17.7 Å². The molecule has 136 valence electrons. The lowest BCUT2D eigenvalue weighted by molar-refractivity contribution is 0.0306. The zero-order valence-corrected chi connectivity index (χ0v) is 15.9. The molecule has 0 aliphatic carbocycles. The van der Waals surface area contributed by atoms with E-state index in [0.29, 0.717) is 35.2 Å². The molecule has 1 saturated heterocycles. The number of ether oxygens (including phenoxy) is 1. The molecule has 1 aliphatic rings. The number of rotatable bonds is 3. The molecule has 1 N–H and O–H groups in total. The number of hydrogen-bond acceptors (Lipinski definition) is 5. The molecule has 6 nitrogen and oxygen atoms in total. The van der Waals surface area contributed by atoms with Crippen LogP contribution in [0.1, 0.15) is 22.4 Å². The van der Waals surface area contributed by atoms with Crippen molar-refractivity contribution in [3.8, 4) is 6.07 Å². The number of amides is 1. The van der Waals surface area contributed by atoms with Crippen LogP contribution in [-0.2, 0) is 11.2 Å². The lowest BCUT2D eigenvalue weighted by Gasteiger charge is -2.26. The maximum absolute atomic E-state index is 11.5. The van der Waals surface area contributed by atoms with Crippen LogP contribution in [0.3, 0.4) is 0 Å². The normalized spacial score (nSPS) is 20.4. The monoisotopic (exact) mass is 411 g/mol. The van der Waals surface area contributed by atoms with Gasteiger partial charge in [0, 0.05) is 30.8 Å². The smallest absolute Gasteiger partial charge is 0.407 e. The summed E-state index contributed by atoms with van der Waals surface area (Å²) in [7, 11) is 0. The van der Waals surface area contributed by atoms with E-state index in [1.54, 1.807) is 17.5 Å². The number of aromatic nitrogens is 1. The van der Waals surface area contributed by atoms with E-state index in [0.717, 1.165) is 10.6 Å². The first-order valence-corrected chi connectivity index (χ1v) is 9.50. The van der Waals surface area contributed by atoms with Crippen LogP contribution < -0.4 is 0 Å². The highest BCUT2D eigenvalue weighted by molar-refractivity contribution is 7.09. The van der Waals surface area contributed by atoms with Crippen molar-refractivity contribution < 1.29 is 14.6 Å². The predicted molar refractivity (Wildman–Crippen MR) is 98.8 cm³/mol. The van der Waals surface area contributed by atoms with E-state index in [-0.39, 0.29) is 18.6 Å². The van der Waals surface area contributed by atoms with Crippen LogP contribution in [0.15, 0.2) is 23.6 Å². The average Bonchev–Trinajstić information content (AvgIpc) is 2.96. The first-order chi connectivity index (χ1) is 12.5. The number of nitrogens with zero attached hydrogens (tertiary/aromatic N) is 3. The molecule has 2 atom stereocenters. The summed E-state index contributed by atoms with van der Waals surface area (Å²) in [5.74, 6) is -0.163. The molecule has 0 spiro atoms. The highest BCUT2D eigenvalue weighted by Crippen LogP contribution is 2.35. The van der Waals surface area contributed by atoms with Crippen molar-refractivity contribution in [2.24, 2.45) is 5.92 Å². The van der Waals surface area contributed by atoms with Gasteiger partial charge in [-0.3, -0.25) is 0 Å². The van der Waals surface area contributed by atoms with Gasteiger partial charge in [0.15, 0.2) is 5.69 Å². The molecule has 0 unspecified atom stereocenters. The maximum Gasteiger partial charge on any atom is 0.407 e. The van der Waals surface area contributed by atoms with Crippen LogP contribution in [0, 0.1) is 17.2 Å². The minimum absolute atomic E-state index is 0.163. The van der Waals surface area contributed by atoms with Gasteiger partial charge in [-0.1, -0.05) is 29.3 Å². The summed E-state index contributed by atoms with van der Waals surface area (Å²) < 4.78 is 5.99. The van der Waals surface area contributed by atoms with Gasteiger partial charge in [-0.2, -0.15) is 5.26 Å². The van der Waals surface area contributed by atoms with Crippen LogP contribution in [0.25, 0.3) is 0 Å². The Balaban J connectivity index is 1.91. The minimum Gasteiger partial charge on any atom is -0.465 e. The van der Waals surface area contributed by atoms with Gasteiger partial charge in [0.2, 0.25) is 0 Å². The largest absolute Gasteiger partial charge is 0.465 e. The highest BCUT2D eigenvalue weighted by atomic mass is 35.5. The van der Waals surface area contributed by atoms with Crippen molar-refractivity contribution in [3.05, 3.63) is 49.9 Å². The first kappa shape index (κ1) is 18.9. The average molecular weight is 412 g/mol. The molecule has 1 aliphatic heterocycles. The first-order valence-electron chi connectivity index (χ1n) is 7.87. The van der Waals surface area contributed by atoms with E-state index < -0.39 is 6.09 Å². The van der Waals surface area contributed by atoms with Crippen LogP contribution >= 0.6 is 34.5 Å². The fraction of sp³-hybridized carbons (Fsp3) is 0.353. The second-order valence-electron chi connectivity index (χ2n) is 5.90. The van der Waals surface area contributed by atoms with Crippen molar-refractivity contribution in [1.82, 2.24) is 9.88 Å². The summed E-state index contributed by atoms with van der Waals surface area (Å²) >= 11 is 13.5. The van der Waals surface area contributed by atoms with Crippen LogP contribution in [0.5, 0.6) is 0 Å². The van der Waals surface area contributed by atoms with Gasteiger partial charge in [0.05, 0.1) is 27.8 Å². The third-order valence-corrected chi connectivity index (χ3v) is 5.80. The number of nitriles is 1. The fourth-order valence-electron chi connectivity index (χ4n) is 2.98. The quantitative estimate of drug-likeness (QED) is 0.815. The van der Waals surface area contributed by atoms with Gasteiger partial charge in [0.1, 0.15) is 6.07 Å². The number of halogens is 2. The molecular weight excluding hydrogens is 397 g/mol. The summed E-state index contributed by atoms with van der Waals surface area (Å²) in [6.07, 6.45) is -0.824. The molecule has 0 bridgehead atoms. The molecule has 2 heterocycles. The van der Waals surface area contributed by atoms with Crippen molar-refractivity contribution in [1.29, 1.82) is 5.26 Å². The molecular formula is C17H15Cl2N3O3S. The van der Waals surface area contributed by atoms with E-state index in [9.17, 15) is 9.90 Å². The number of thiazole rings is 1. The number of carboxylic acid groups (broad SMARTS) is 1. The maximum atomic E-state index is 11.5. The molecule has 0 saturated carbocycles. The van der Waals surface area contributed by atoms with E-state index in [1.165, 1.54) is 16.2 Å². The van der Waals surface area contributed by atoms with Crippen LogP contribution in [0.2, 0.25) is 10.0 Å². The molecule has 0 radical (unpaired) electrons. The fourth-order valence-corrected chi connectivity index (χ4v) is 4.10. The number of carbonyl (C=O) groups is 1. The van der Waals surface area contributed by atoms with E-state index in [1.807, 2.05) is 12.1 Å². The van der Waals surface area contributed by atoms with Crippen molar-refractivity contribution >= 4 is 40.6 Å². The topological polar surface area (TPSA) is 86.5 Å². The molecule has 1 aromatic carbocycles. The number of hydrogen-bond donors (Lipinski definition) is 1. The van der Waals surface area contributed by atoms with Gasteiger partial charge < -0.3 is 14.7 Å². The van der Waals surface area contributed by atoms with Crippen molar-refractivity contribution in [2.45, 2.75) is 12.5 Å². The van der Waals surface area contributed by atoms with Gasteiger partial charge in [0.25, 0.3) is 0 Å². The van der Waals surface area contributed by atoms with E-state index in [4.69, 9.17) is 33.2 Å². The lowest BCUT2D eigenvalue weighted by Crippen LogP contribution is -2.35. The second kappa shape index (κ2) is 8.23. The van der Waals surface area contributed by atoms with Crippen molar-refractivity contribution in [3.63, 3.8) is 0 Å². The van der Waals surface area contributed by atoms with Crippen molar-refractivity contribution in [2.75, 3.05) is 19.7 Å². The third-order valence-electron chi connectivity index (χ3n) is 4.19. The van der Waals surface area contributed by atoms with Crippen LogP contribution in [0.4, 0.5) is 4.79 Å². The standard InChI is InChI=1S/C17H15Cl2N3O3S/c18-13-2-1-10(5-14(13)19)16-11(6-15-21-12(7-20)9-26-15)8-22(17(23)24)3-4-25-16/h1-2,5,9,11,16H,3-4,6,8H2,(H,23,24)/t11-,16+/m1/s1. The summed E-state index contributed by atoms with van der Waals surface area (Å²) in [6, 6.07) is 7.31. The Bertz CT molecular complexity index is 852. The Hall–Kier alpha value is -1.85. The lowest BCUT2D eigenvalue weighted by atomic mass is 9.92. The molecule has 1 aromatic heterocycles. The zero-order chi connectivity index (χ0) is 18.7. The van der Waals surface area contributed by atoms with Gasteiger partial charge >= 0.3 is 6.09 Å². The minimum atomic E-state index is -0.981. The Kier molecular flexibility index (Phi) is 5.99. The molecule has 3 rings (SSSR count). The third kappa shape index (κ3) is 4.27. The molecule has 9 heteroatoms. The number of benzene rings is 1. The molecule has 26 heavy (non-hydrogen) atoms. The molecule has 2 aromatic rings. The molecule has 1 fully saturated rings. The SMILES string of the molecule is N#Cc1csc(C[C@@H]2CN(C(=O)O)CCO[C@H]2c2ccc(Cl)c(Cl)c2)n1. The van der Waals surface area contributed by atoms with Gasteiger partial charge in [-0.15, -0.1) is 11.3 Å². The highest BCUT2D eigenvalue weighted by Gasteiger charge is 2.32. The molecule has 1 amide bonds. The Morgan fingerprint density at radius 3 is 2.92 bits per heavy atom. The summed E-state index contributed by atoms with van der Waals surface area (Å²) in [4.78, 5) is 17.1. The predicted octanol–water partition coefficient (Wildman–Crippen LogP) is 4.23. The van der Waals surface area contributed by atoms with E-state index in [2.05, 4.69) is 4.98 Å². The van der Waals surface area contributed by atoms with Crippen LogP contribution in [-0.4, -0.2) is 40.8 Å². The Morgan fingerprint density at radius 1 is 1.46 bits per heavy atom. The summed E-state index contributed by atoms with van der Waals surface area (Å²) in [6.45, 7) is 0.891. The van der Waals surface area contributed by atoms with E-state index >= 15 is 0 Å². The summed E-state index contributed by atoms with van der Waals surface area (Å²) in [5, 5.41) is 21.7. The van der Waals surface area contributed by atoms with Gasteiger partial charge in [-0.25, -0.2) is 9.78 Å². The summed E-state index contributed by atoms with van der Waals surface area (Å²) in [5.41, 5.74) is 1.20. The Labute approximate surface area is 164 Å².